The quantitative estimate of drug-likeness (QED) is 0.583. The summed E-state index contributed by atoms with van der Waals surface area (Å²) in [6.45, 7) is 2.45. The lowest BCUT2D eigenvalue weighted by Gasteiger charge is -2.02. The summed E-state index contributed by atoms with van der Waals surface area (Å²) in [7, 11) is 0. The number of nitrogens with one attached hydrogen (secondary N) is 1. The van der Waals surface area contributed by atoms with Gasteiger partial charge in [-0.2, -0.15) is 0 Å². The molecule has 0 saturated carbocycles. The number of nitrogens with two attached hydrogens (primary N) is 1. The number of hydrogen-bond acceptors (Lipinski definition) is 3. The van der Waals surface area contributed by atoms with E-state index >= 15 is 0 Å². The maximum Gasteiger partial charge on any atom is 0.328 e. The highest BCUT2D eigenvalue weighted by Crippen LogP contribution is 1.82. The highest BCUT2D eigenvalue weighted by atomic mass is 16.2. The molecule has 12 heavy (non-hydrogen) atoms. The molecule has 0 aliphatic rings. The van der Waals surface area contributed by atoms with Gasteiger partial charge in [-0.15, -0.1) is 0 Å². The number of rotatable bonds is 2. The minimum Gasteiger partial charge on any atom is -0.329 e. The summed E-state index contributed by atoms with van der Waals surface area (Å²) in [6.07, 6.45) is 1.51. The zero-order chi connectivity index (χ0) is 9.14. The van der Waals surface area contributed by atoms with Crippen molar-refractivity contribution in [3.05, 3.63) is 32.6 Å². The van der Waals surface area contributed by atoms with Crippen molar-refractivity contribution in [3.63, 3.8) is 0 Å². The summed E-state index contributed by atoms with van der Waals surface area (Å²) < 4.78 is 1.39. The van der Waals surface area contributed by atoms with Crippen LogP contribution in [0.3, 0.4) is 0 Å². The van der Waals surface area contributed by atoms with Gasteiger partial charge in [-0.25, -0.2) is 4.79 Å². The van der Waals surface area contributed by atoms with E-state index in [-0.39, 0.29) is 5.56 Å². The summed E-state index contributed by atoms with van der Waals surface area (Å²) in [5, 5.41) is 0. The number of aromatic amines is 1. The summed E-state index contributed by atoms with van der Waals surface area (Å²) >= 11 is 0. The normalized spacial score (nSPS) is 10.2. The Bertz CT molecular complexity index is 377. The third-order valence-electron chi connectivity index (χ3n) is 1.56. The van der Waals surface area contributed by atoms with E-state index in [1.54, 1.807) is 6.92 Å². The van der Waals surface area contributed by atoms with Gasteiger partial charge in [0.05, 0.1) is 0 Å². The molecular weight excluding hydrogens is 158 g/mol. The van der Waals surface area contributed by atoms with Crippen LogP contribution in [0.25, 0.3) is 0 Å². The van der Waals surface area contributed by atoms with E-state index in [0.29, 0.717) is 18.7 Å². The monoisotopic (exact) mass is 169 g/mol. The second kappa shape index (κ2) is 3.36. The first-order valence-electron chi connectivity index (χ1n) is 3.65. The van der Waals surface area contributed by atoms with E-state index in [9.17, 15) is 9.59 Å². The molecule has 3 N–H and O–H groups in total. The van der Waals surface area contributed by atoms with E-state index in [0.717, 1.165) is 0 Å². The predicted octanol–water partition coefficient (Wildman–Crippen LogP) is -1.20. The van der Waals surface area contributed by atoms with Crippen molar-refractivity contribution in [3.8, 4) is 0 Å². The average molecular weight is 169 g/mol. The molecule has 0 aliphatic heterocycles. The third kappa shape index (κ3) is 1.62. The topological polar surface area (TPSA) is 80.9 Å². The van der Waals surface area contributed by atoms with Gasteiger partial charge in [-0.1, -0.05) is 0 Å². The molecule has 0 amide bonds. The van der Waals surface area contributed by atoms with Crippen LogP contribution in [0.5, 0.6) is 0 Å². The summed E-state index contributed by atoms with van der Waals surface area (Å²) in [5.41, 5.74) is 5.04. The lowest BCUT2D eigenvalue weighted by atomic mass is 10.4. The Morgan fingerprint density at radius 1 is 1.58 bits per heavy atom. The van der Waals surface area contributed by atoms with E-state index in [1.165, 1.54) is 10.8 Å². The van der Waals surface area contributed by atoms with Crippen LogP contribution in [0, 0.1) is 6.92 Å². The summed E-state index contributed by atoms with van der Waals surface area (Å²) in [6, 6.07) is 0. The Kier molecular flexibility index (Phi) is 2.44. The average Bonchev–Trinajstić information content (AvgIpc) is 2.01. The molecule has 0 atom stereocenters. The van der Waals surface area contributed by atoms with Crippen LogP contribution in [0.4, 0.5) is 0 Å². The van der Waals surface area contributed by atoms with E-state index in [4.69, 9.17) is 5.73 Å². The van der Waals surface area contributed by atoms with E-state index in [2.05, 4.69) is 4.98 Å². The van der Waals surface area contributed by atoms with Crippen molar-refractivity contribution in [2.24, 2.45) is 5.73 Å². The van der Waals surface area contributed by atoms with Gasteiger partial charge < -0.3 is 5.73 Å². The molecule has 1 aromatic rings. The molecule has 1 heterocycles. The maximum atomic E-state index is 11.0. The third-order valence-corrected chi connectivity index (χ3v) is 1.56. The van der Waals surface area contributed by atoms with Crippen LogP contribution in [-0.4, -0.2) is 16.1 Å². The molecule has 0 unspecified atom stereocenters. The van der Waals surface area contributed by atoms with Crippen LogP contribution >= 0.6 is 0 Å². The zero-order valence-corrected chi connectivity index (χ0v) is 6.83. The zero-order valence-electron chi connectivity index (χ0n) is 6.83. The molecule has 5 nitrogen and oxygen atoms in total. The molecule has 0 radical (unpaired) electrons. The minimum absolute atomic E-state index is 0.340. The Morgan fingerprint density at radius 2 is 2.25 bits per heavy atom. The highest BCUT2D eigenvalue weighted by molar-refractivity contribution is 5.00. The van der Waals surface area contributed by atoms with Crippen molar-refractivity contribution in [1.82, 2.24) is 9.55 Å². The number of H-pyrrole nitrogens is 1. The van der Waals surface area contributed by atoms with Crippen LogP contribution < -0.4 is 17.0 Å². The largest absolute Gasteiger partial charge is 0.329 e. The minimum atomic E-state index is -0.406. The molecule has 0 fully saturated rings. The summed E-state index contributed by atoms with van der Waals surface area (Å²) in [4.78, 5) is 24.1. The molecule has 0 spiro atoms. The number of nitrogens with zero attached hydrogens (tertiary/aromatic N) is 1. The maximum absolute atomic E-state index is 11.0. The van der Waals surface area contributed by atoms with Crippen LogP contribution in [0.1, 0.15) is 5.56 Å². The second-order valence-electron chi connectivity index (χ2n) is 2.55. The van der Waals surface area contributed by atoms with Gasteiger partial charge in [-0.05, 0) is 6.92 Å². The Hall–Kier alpha value is -1.36. The van der Waals surface area contributed by atoms with Gasteiger partial charge >= 0.3 is 5.69 Å². The summed E-state index contributed by atoms with van der Waals surface area (Å²) in [5.74, 6) is 0. The number of hydrogen-bond donors (Lipinski definition) is 2. The van der Waals surface area contributed by atoms with Crippen molar-refractivity contribution in [2.45, 2.75) is 13.5 Å². The Morgan fingerprint density at radius 3 is 2.83 bits per heavy atom. The predicted molar refractivity (Wildman–Crippen MR) is 45.1 cm³/mol. The first-order valence-corrected chi connectivity index (χ1v) is 3.65. The van der Waals surface area contributed by atoms with Gasteiger partial charge in [0.15, 0.2) is 0 Å². The molecular formula is C7H11N3O2. The standard InChI is InChI=1S/C7H11N3O2/c1-5-4-10(3-2-8)7(12)9-6(5)11/h4H,2-3,8H2,1H3,(H,9,11,12). The Balaban J connectivity index is 3.24. The fourth-order valence-electron chi connectivity index (χ4n) is 0.924. The van der Waals surface area contributed by atoms with Gasteiger partial charge in [0.1, 0.15) is 0 Å². The number of aryl methyl sites for hydroxylation is 1. The smallest absolute Gasteiger partial charge is 0.328 e. The fraction of sp³-hybridized carbons (Fsp3) is 0.429. The van der Waals surface area contributed by atoms with Crippen molar-refractivity contribution in [2.75, 3.05) is 6.54 Å². The van der Waals surface area contributed by atoms with Gasteiger partial charge in [0, 0.05) is 24.8 Å². The van der Waals surface area contributed by atoms with Crippen molar-refractivity contribution < 1.29 is 0 Å². The fourth-order valence-corrected chi connectivity index (χ4v) is 0.924. The van der Waals surface area contributed by atoms with Crippen LogP contribution in [-0.2, 0) is 6.54 Å². The van der Waals surface area contributed by atoms with Gasteiger partial charge in [0.25, 0.3) is 5.56 Å². The molecule has 0 aliphatic carbocycles. The van der Waals surface area contributed by atoms with Crippen molar-refractivity contribution in [1.29, 1.82) is 0 Å². The first-order chi connectivity index (χ1) is 5.65. The van der Waals surface area contributed by atoms with E-state index < -0.39 is 5.69 Å². The van der Waals surface area contributed by atoms with Crippen molar-refractivity contribution >= 4 is 0 Å². The molecule has 1 rings (SSSR count). The van der Waals surface area contributed by atoms with E-state index in [1.807, 2.05) is 0 Å². The van der Waals surface area contributed by atoms with Gasteiger partial charge in [-0.3, -0.25) is 14.3 Å². The SMILES string of the molecule is Cc1cn(CCN)c(=O)[nH]c1=O. The lowest BCUT2D eigenvalue weighted by molar-refractivity contribution is 0.651. The molecule has 66 valence electrons. The highest BCUT2D eigenvalue weighted by Gasteiger charge is 1.98. The first kappa shape index (κ1) is 8.73. The van der Waals surface area contributed by atoms with Gasteiger partial charge in [0.2, 0.25) is 0 Å². The Labute approximate surface area is 68.8 Å². The second-order valence-corrected chi connectivity index (χ2v) is 2.55. The van der Waals surface area contributed by atoms with Crippen LogP contribution in [0.15, 0.2) is 15.8 Å². The lowest BCUT2D eigenvalue weighted by Crippen LogP contribution is -2.32. The van der Waals surface area contributed by atoms with Crippen LogP contribution in [0.2, 0.25) is 0 Å². The molecule has 0 aromatic carbocycles. The number of aromatic nitrogens is 2. The molecule has 0 saturated heterocycles. The molecule has 1 aromatic heterocycles. The molecule has 0 bridgehead atoms. The molecule has 5 heteroatoms.